The normalized spacial score (nSPS) is 11.4. The average molecular weight is 384 g/mol. The molecule has 0 aliphatic carbocycles. The van der Waals surface area contributed by atoms with Gasteiger partial charge in [-0.25, -0.2) is 9.59 Å². The zero-order valence-electron chi connectivity index (χ0n) is 16.1. The minimum Gasteiger partial charge on any atom is -0.497 e. The lowest BCUT2D eigenvalue weighted by Gasteiger charge is -2.21. The van der Waals surface area contributed by atoms with Gasteiger partial charge >= 0.3 is 12.0 Å². The average Bonchev–Trinajstić information content (AvgIpc) is 2.70. The van der Waals surface area contributed by atoms with Gasteiger partial charge in [0.2, 0.25) is 0 Å². The summed E-state index contributed by atoms with van der Waals surface area (Å²) in [4.78, 5) is 36.7. The van der Waals surface area contributed by atoms with Crippen LogP contribution in [0, 0.1) is 5.92 Å². The molecular weight excluding hydrogens is 360 g/mol. The Labute approximate surface area is 164 Å². The third-order valence-corrected chi connectivity index (χ3v) is 4.00. The van der Waals surface area contributed by atoms with Crippen LogP contribution >= 0.6 is 0 Å². The van der Waals surface area contributed by atoms with E-state index in [9.17, 15) is 14.4 Å². The van der Waals surface area contributed by atoms with Crippen LogP contribution in [0.4, 0.5) is 10.5 Å². The summed E-state index contributed by atoms with van der Waals surface area (Å²) in [6, 6.07) is 14.0. The Kier molecular flexibility index (Phi) is 7.56. The number of hydrogen-bond donors (Lipinski definition) is 2. The highest BCUT2D eigenvalue weighted by molar-refractivity contribution is 5.98. The van der Waals surface area contributed by atoms with Crippen LogP contribution in [0.25, 0.3) is 0 Å². The number of rotatable bonds is 8. The van der Waals surface area contributed by atoms with Gasteiger partial charge in [-0.3, -0.25) is 4.79 Å². The van der Waals surface area contributed by atoms with E-state index in [1.807, 2.05) is 6.07 Å². The first-order valence-electron chi connectivity index (χ1n) is 8.87. The predicted molar refractivity (Wildman–Crippen MR) is 106 cm³/mol. The lowest BCUT2D eigenvalue weighted by Crippen LogP contribution is -2.47. The molecule has 0 heterocycles. The van der Waals surface area contributed by atoms with E-state index in [4.69, 9.17) is 9.47 Å². The van der Waals surface area contributed by atoms with E-state index in [0.29, 0.717) is 17.0 Å². The maximum Gasteiger partial charge on any atom is 0.329 e. The van der Waals surface area contributed by atoms with Gasteiger partial charge in [0.15, 0.2) is 12.4 Å². The highest BCUT2D eigenvalue weighted by Crippen LogP contribution is 2.12. The number of Topliss-reactive ketones (excluding diaryl/α,β-unsaturated/α-hetero) is 1. The van der Waals surface area contributed by atoms with Gasteiger partial charge in [0.25, 0.3) is 0 Å². The summed E-state index contributed by atoms with van der Waals surface area (Å²) in [5.74, 6) is -0.598. The number of ketones is 1. The van der Waals surface area contributed by atoms with Crippen molar-refractivity contribution >= 4 is 23.5 Å². The van der Waals surface area contributed by atoms with Gasteiger partial charge in [0.1, 0.15) is 11.8 Å². The Balaban J connectivity index is 1.90. The number of urea groups is 1. The number of para-hydroxylation sites is 1. The second kappa shape index (κ2) is 10.1. The van der Waals surface area contributed by atoms with Crippen LogP contribution in [-0.4, -0.2) is 37.5 Å². The zero-order chi connectivity index (χ0) is 20.5. The van der Waals surface area contributed by atoms with Crippen molar-refractivity contribution in [1.29, 1.82) is 0 Å². The van der Waals surface area contributed by atoms with Crippen molar-refractivity contribution in [2.45, 2.75) is 19.9 Å². The molecular formula is C21H24N2O5. The Morgan fingerprint density at radius 2 is 1.61 bits per heavy atom. The first-order chi connectivity index (χ1) is 13.4. The summed E-state index contributed by atoms with van der Waals surface area (Å²) in [7, 11) is 1.53. The molecule has 0 aliphatic rings. The summed E-state index contributed by atoms with van der Waals surface area (Å²) in [5.41, 5.74) is 1.01. The number of carbonyl (C=O) groups is 3. The van der Waals surface area contributed by atoms with E-state index in [0.717, 1.165) is 0 Å². The number of ether oxygens (including phenoxy) is 2. The predicted octanol–water partition coefficient (Wildman–Crippen LogP) is 3.27. The second-order valence-corrected chi connectivity index (χ2v) is 6.45. The van der Waals surface area contributed by atoms with Crippen LogP contribution in [-0.2, 0) is 9.53 Å². The fraction of sp³-hybridized carbons (Fsp3) is 0.286. The summed E-state index contributed by atoms with van der Waals surface area (Å²) in [6.07, 6.45) is 0. The maximum atomic E-state index is 12.4. The molecule has 2 rings (SSSR count). The lowest BCUT2D eigenvalue weighted by molar-refractivity contribution is -0.145. The van der Waals surface area contributed by atoms with Gasteiger partial charge < -0.3 is 20.1 Å². The smallest absolute Gasteiger partial charge is 0.329 e. The van der Waals surface area contributed by atoms with Crippen molar-refractivity contribution in [2.75, 3.05) is 19.0 Å². The summed E-state index contributed by atoms with van der Waals surface area (Å²) < 4.78 is 10.2. The molecule has 0 bridgehead atoms. The molecule has 2 N–H and O–H groups in total. The van der Waals surface area contributed by atoms with Crippen LogP contribution < -0.4 is 15.4 Å². The highest BCUT2D eigenvalue weighted by Gasteiger charge is 2.26. The monoisotopic (exact) mass is 384 g/mol. The van der Waals surface area contributed by atoms with Crippen LogP contribution in [0.5, 0.6) is 5.75 Å². The van der Waals surface area contributed by atoms with Gasteiger partial charge in [-0.15, -0.1) is 0 Å². The molecule has 0 unspecified atom stereocenters. The molecule has 0 radical (unpaired) electrons. The first kappa shape index (κ1) is 21.0. The number of carbonyl (C=O) groups excluding carboxylic acids is 3. The molecule has 0 aromatic heterocycles. The summed E-state index contributed by atoms with van der Waals surface area (Å²) in [5, 5.41) is 5.24. The highest BCUT2D eigenvalue weighted by atomic mass is 16.5. The van der Waals surface area contributed by atoms with E-state index < -0.39 is 24.6 Å². The van der Waals surface area contributed by atoms with Gasteiger partial charge in [0, 0.05) is 11.3 Å². The third-order valence-electron chi connectivity index (χ3n) is 4.00. The second-order valence-electron chi connectivity index (χ2n) is 6.45. The minimum absolute atomic E-state index is 0.217. The van der Waals surface area contributed by atoms with Crippen molar-refractivity contribution in [1.82, 2.24) is 5.32 Å². The molecule has 0 saturated heterocycles. The quantitative estimate of drug-likeness (QED) is 0.538. The van der Waals surface area contributed by atoms with Crippen molar-refractivity contribution in [3.05, 3.63) is 60.2 Å². The maximum absolute atomic E-state index is 12.4. The van der Waals surface area contributed by atoms with Crippen LogP contribution in [0.2, 0.25) is 0 Å². The molecule has 0 saturated carbocycles. The number of nitrogens with one attached hydrogen (secondary N) is 2. The zero-order valence-corrected chi connectivity index (χ0v) is 16.1. The molecule has 1 atom stereocenters. The van der Waals surface area contributed by atoms with Crippen LogP contribution in [0.1, 0.15) is 24.2 Å². The van der Waals surface area contributed by atoms with Crippen LogP contribution in [0.15, 0.2) is 54.6 Å². The van der Waals surface area contributed by atoms with Gasteiger partial charge in [-0.1, -0.05) is 32.0 Å². The number of hydrogen-bond acceptors (Lipinski definition) is 5. The van der Waals surface area contributed by atoms with Crippen LogP contribution in [0.3, 0.4) is 0 Å². The van der Waals surface area contributed by atoms with E-state index >= 15 is 0 Å². The van der Waals surface area contributed by atoms with E-state index in [1.54, 1.807) is 62.4 Å². The topological polar surface area (TPSA) is 93.7 Å². The van der Waals surface area contributed by atoms with E-state index in [1.165, 1.54) is 7.11 Å². The number of methoxy groups -OCH3 is 1. The molecule has 0 aliphatic heterocycles. The SMILES string of the molecule is COc1ccc(C(=O)COC(=O)[C@H](NC(=O)Nc2ccccc2)C(C)C)cc1. The molecule has 2 aromatic carbocycles. The number of benzene rings is 2. The standard InChI is InChI=1S/C21H24N2O5/c1-14(2)19(23-21(26)22-16-7-5-4-6-8-16)20(25)28-13-18(24)15-9-11-17(27-3)12-10-15/h4-12,14,19H,13H2,1-3H3,(H2,22,23,26)/t19-/m1/s1. The van der Waals surface area contributed by atoms with Gasteiger partial charge in [0.05, 0.1) is 7.11 Å². The molecule has 28 heavy (non-hydrogen) atoms. The molecule has 2 aromatic rings. The molecule has 148 valence electrons. The van der Waals surface area contributed by atoms with Gasteiger partial charge in [-0.05, 0) is 42.3 Å². The Bertz CT molecular complexity index is 803. The fourth-order valence-electron chi connectivity index (χ4n) is 2.41. The molecule has 7 nitrogen and oxygen atoms in total. The molecule has 7 heteroatoms. The van der Waals surface area contributed by atoms with Crippen molar-refractivity contribution in [3.63, 3.8) is 0 Å². The molecule has 2 amide bonds. The lowest BCUT2D eigenvalue weighted by atomic mass is 10.0. The number of anilines is 1. The molecule has 0 fully saturated rings. The Morgan fingerprint density at radius 3 is 2.18 bits per heavy atom. The minimum atomic E-state index is -0.882. The summed E-state index contributed by atoms with van der Waals surface area (Å²) >= 11 is 0. The van der Waals surface area contributed by atoms with E-state index in [-0.39, 0.29) is 11.7 Å². The van der Waals surface area contributed by atoms with Gasteiger partial charge in [-0.2, -0.15) is 0 Å². The Hall–Kier alpha value is -3.35. The van der Waals surface area contributed by atoms with Crippen molar-refractivity contribution < 1.29 is 23.9 Å². The fourth-order valence-corrected chi connectivity index (χ4v) is 2.41. The number of esters is 1. The first-order valence-corrected chi connectivity index (χ1v) is 8.87. The number of amides is 2. The van der Waals surface area contributed by atoms with Crippen molar-refractivity contribution in [2.24, 2.45) is 5.92 Å². The third kappa shape index (κ3) is 6.12. The van der Waals surface area contributed by atoms with Crippen molar-refractivity contribution in [3.8, 4) is 5.75 Å². The Morgan fingerprint density at radius 1 is 0.964 bits per heavy atom. The summed E-state index contributed by atoms with van der Waals surface area (Å²) in [6.45, 7) is 3.15. The molecule has 0 spiro atoms. The van der Waals surface area contributed by atoms with E-state index in [2.05, 4.69) is 10.6 Å². The largest absolute Gasteiger partial charge is 0.497 e.